The normalized spacial score (nSPS) is 13.8. The summed E-state index contributed by atoms with van der Waals surface area (Å²) in [5, 5.41) is 10.4. The SMILES string of the molecule is c1ccc(-c2nc3cnccn3c2Nc2ccc3c(c2)OCO3)cc1.c1ccc(-c2nc3n(c2Nc2ccc4c(c2)OCO4)CCNC3)cc1. The van der Waals surface area contributed by atoms with Crippen LogP contribution in [0.1, 0.15) is 5.82 Å². The first-order valence-corrected chi connectivity index (χ1v) is 16.3. The highest BCUT2D eigenvalue weighted by atomic mass is 16.7. The van der Waals surface area contributed by atoms with Crippen LogP contribution in [0, 0.1) is 0 Å². The van der Waals surface area contributed by atoms with Crippen LogP contribution in [0.2, 0.25) is 0 Å². The number of rotatable bonds is 6. The van der Waals surface area contributed by atoms with Crippen LogP contribution < -0.4 is 34.9 Å². The summed E-state index contributed by atoms with van der Waals surface area (Å²) in [5.74, 6) is 6.00. The van der Waals surface area contributed by atoms with Gasteiger partial charge in [-0.1, -0.05) is 60.7 Å². The van der Waals surface area contributed by atoms with Crippen LogP contribution in [-0.2, 0) is 13.1 Å². The van der Waals surface area contributed by atoms with Gasteiger partial charge in [0.15, 0.2) is 28.6 Å². The molecule has 0 atom stereocenters. The number of benzene rings is 4. The minimum absolute atomic E-state index is 0.259. The molecule has 248 valence electrons. The molecule has 3 N–H and O–H groups in total. The highest BCUT2D eigenvalue weighted by Gasteiger charge is 2.22. The third kappa shape index (κ3) is 5.67. The van der Waals surface area contributed by atoms with Gasteiger partial charge < -0.3 is 39.5 Å². The highest BCUT2D eigenvalue weighted by Crippen LogP contribution is 2.39. The molecule has 12 nitrogen and oxygen atoms in total. The van der Waals surface area contributed by atoms with Crippen molar-refractivity contribution in [1.82, 2.24) is 29.2 Å². The van der Waals surface area contributed by atoms with Gasteiger partial charge in [-0.15, -0.1) is 0 Å². The second-order valence-corrected chi connectivity index (χ2v) is 11.8. The molecule has 50 heavy (non-hydrogen) atoms. The molecule has 0 amide bonds. The van der Waals surface area contributed by atoms with Crippen molar-refractivity contribution in [2.45, 2.75) is 13.1 Å². The van der Waals surface area contributed by atoms with Gasteiger partial charge in [0.25, 0.3) is 0 Å². The van der Waals surface area contributed by atoms with Crippen molar-refractivity contribution in [2.24, 2.45) is 0 Å². The number of anilines is 4. The van der Waals surface area contributed by atoms with Crippen molar-refractivity contribution in [3.63, 3.8) is 0 Å². The van der Waals surface area contributed by atoms with E-state index in [9.17, 15) is 0 Å². The Bertz CT molecular complexity index is 2310. The van der Waals surface area contributed by atoms with E-state index in [-0.39, 0.29) is 13.6 Å². The Morgan fingerprint density at radius 1 is 0.640 bits per heavy atom. The number of imidazole rings is 2. The van der Waals surface area contributed by atoms with Gasteiger partial charge >= 0.3 is 0 Å². The van der Waals surface area contributed by atoms with Crippen molar-refractivity contribution < 1.29 is 18.9 Å². The van der Waals surface area contributed by atoms with Gasteiger partial charge in [0, 0.05) is 60.1 Å². The predicted molar refractivity (Wildman–Crippen MR) is 189 cm³/mol. The van der Waals surface area contributed by atoms with Gasteiger partial charge in [0.2, 0.25) is 13.6 Å². The van der Waals surface area contributed by atoms with E-state index in [1.165, 1.54) is 0 Å². The van der Waals surface area contributed by atoms with Crippen molar-refractivity contribution >= 4 is 28.7 Å². The minimum Gasteiger partial charge on any atom is -0.454 e. The number of hydrogen-bond acceptors (Lipinski definition) is 10. The van der Waals surface area contributed by atoms with Crippen LogP contribution >= 0.6 is 0 Å². The Balaban J connectivity index is 0.000000135. The smallest absolute Gasteiger partial charge is 0.231 e. The molecular formula is C38H32N8O4. The van der Waals surface area contributed by atoms with E-state index in [1.54, 1.807) is 12.4 Å². The fourth-order valence-corrected chi connectivity index (χ4v) is 6.24. The first kappa shape index (κ1) is 29.6. The minimum atomic E-state index is 0.259. The average Bonchev–Trinajstić information content (AvgIpc) is 3.98. The third-order valence-electron chi connectivity index (χ3n) is 8.64. The van der Waals surface area contributed by atoms with E-state index in [0.29, 0.717) is 0 Å². The van der Waals surface area contributed by atoms with Crippen LogP contribution in [0.15, 0.2) is 116 Å². The molecule has 12 heteroatoms. The van der Waals surface area contributed by atoms with E-state index in [1.807, 2.05) is 95.5 Å². The maximum Gasteiger partial charge on any atom is 0.231 e. The molecule has 0 saturated carbocycles. The van der Waals surface area contributed by atoms with E-state index < -0.39 is 0 Å². The fourth-order valence-electron chi connectivity index (χ4n) is 6.24. The molecular weight excluding hydrogens is 632 g/mol. The zero-order valence-electron chi connectivity index (χ0n) is 26.9. The zero-order valence-corrected chi connectivity index (χ0v) is 26.9. The molecule has 0 fully saturated rings. The summed E-state index contributed by atoms with van der Waals surface area (Å²) >= 11 is 0. The molecule has 0 radical (unpaired) electrons. The number of fused-ring (bicyclic) bond motifs is 4. The summed E-state index contributed by atoms with van der Waals surface area (Å²) in [4.78, 5) is 13.8. The quantitative estimate of drug-likeness (QED) is 0.172. The van der Waals surface area contributed by atoms with Crippen molar-refractivity contribution in [3.05, 3.63) is 121 Å². The molecule has 0 bridgehead atoms. The molecule has 6 heterocycles. The van der Waals surface area contributed by atoms with Gasteiger partial charge in [-0.25, -0.2) is 9.97 Å². The molecule has 3 aliphatic rings. The molecule has 10 rings (SSSR count). The van der Waals surface area contributed by atoms with E-state index in [0.717, 1.165) is 99.6 Å². The summed E-state index contributed by atoms with van der Waals surface area (Å²) in [7, 11) is 0. The molecule has 0 unspecified atom stereocenters. The third-order valence-corrected chi connectivity index (χ3v) is 8.64. The van der Waals surface area contributed by atoms with Crippen LogP contribution in [-0.4, -0.2) is 44.1 Å². The van der Waals surface area contributed by atoms with Gasteiger partial charge in [-0.2, -0.15) is 0 Å². The Labute approximate surface area is 287 Å². The Kier molecular flexibility index (Phi) is 7.59. The van der Waals surface area contributed by atoms with E-state index >= 15 is 0 Å². The molecule has 0 saturated heterocycles. The fraction of sp³-hybridized carbons (Fsp3) is 0.132. The molecule has 4 aromatic carbocycles. The summed E-state index contributed by atoms with van der Waals surface area (Å²) in [5.41, 5.74) is 6.62. The number of nitrogens with one attached hydrogen (secondary N) is 3. The van der Waals surface area contributed by atoms with E-state index in [2.05, 4.69) is 37.6 Å². The molecule has 3 aliphatic heterocycles. The molecule has 7 aromatic rings. The van der Waals surface area contributed by atoms with Crippen LogP contribution in [0.25, 0.3) is 28.2 Å². The van der Waals surface area contributed by atoms with Crippen molar-refractivity contribution in [2.75, 3.05) is 30.8 Å². The number of ether oxygens (including phenoxy) is 4. The summed E-state index contributed by atoms with van der Waals surface area (Å²) in [6.07, 6.45) is 5.38. The summed E-state index contributed by atoms with van der Waals surface area (Å²) in [6.45, 7) is 3.15. The first-order valence-electron chi connectivity index (χ1n) is 16.3. The maximum atomic E-state index is 5.49. The zero-order chi connectivity index (χ0) is 33.3. The van der Waals surface area contributed by atoms with E-state index in [4.69, 9.17) is 28.9 Å². The summed E-state index contributed by atoms with van der Waals surface area (Å²) < 4.78 is 26.0. The Hall–Kier alpha value is -6.53. The first-order chi connectivity index (χ1) is 24.8. The lowest BCUT2D eigenvalue weighted by atomic mass is 10.1. The molecule has 3 aromatic heterocycles. The number of hydrogen-bond donors (Lipinski definition) is 3. The predicted octanol–water partition coefficient (Wildman–Crippen LogP) is 6.99. The topological polar surface area (TPSA) is 121 Å². The second-order valence-electron chi connectivity index (χ2n) is 11.8. The van der Waals surface area contributed by atoms with Gasteiger partial charge in [0.05, 0.1) is 12.7 Å². The number of aromatic nitrogens is 5. The largest absolute Gasteiger partial charge is 0.454 e. The highest BCUT2D eigenvalue weighted by molar-refractivity contribution is 5.80. The lowest BCUT2D eigenvalue weighted by molar-refractivity contribution is 0.173. The average molecular weight is 665 g/mol. The summed E-state index contributed by atoms with van der Waals surface area (Å²) in [6, 6.07) is 32.1. The lowest BCUT2D eigenvalue weighted by Crippen LogP contribution is -2.28. The van der Waals surface area contributed by atoms with Crippen LogP contribution in [0.4, 0.5) is 23.0 Å². The monoisotopic (exact) mass is 664 g/mol. The second kappa shape index (κ2) is 12.8. The maximum absolute atomic E-state index is 5.49. The number of nitrogens with zero attached hydrogens (tertiary/aromatic N) is 5. The van der Waals surface area contributed by atoms with Crippen LogP contribution in [0.5, 0.6) is 23.0 Å². The van der Waals surface area contributed by atoms with Crippen LogP contribution in [0.3, 0.4) is 0 Å². The Morgan fingerprint density at radius 3 is 1.90 bits per heavy atom. The van der Waals surface area contributed by atoms with Crippen molar-refractivity contribution in [1.29, 1.82) is 0 Å². The van der Waals surface area contributed by atoms with Crippen molar-refractivity contribution in [3.8, 4) is 45.5 Å². The lowest BCUT2D eigenvalue weighted by Gasteiger charge is -2.18. The van der Waals surface area contributed by atoms with Gasteiger partial charge in [-0.05, 0) is 24.3 Å². The Morgan fingerprint density at radius 2 is 1.24 bits per heavy atom. The van der Waals surface area contributed by atoms with Gasteiger partial charge in [0.1, 0.15) is 28.8 Å². The molecule has 0 aliphatic carbocycles. The van der Waals surface area contributed by atoms with Gasteiger partial charge in [-0.3, -0.25) is 9.38 Å². The molecule has 0 spiro atoms. The standard InChI is InChI=1S/C19H18N4O2.C19H14N4O2/c2*1-2-4-13(5-3-1)18-19(23-9-8-20-11-17(23)22-18)21-14-6-7-15-16(10-14)25-12-24-15/h1-7,10,20-21H,8-9,11-12H2;1-11,21H,12H2.